The molecule has 1 aliphatic heterocycles. The van der Waals surface area contributed by atoms with E-state index < -0.39 is 0 Å². The van der Waals surface area contributed by atoms with Crippen LogP contribution < -0.4 is 0 Å². The molecule has 21 heavy (non-hydrogen) atoms. The molecule has 0 aliphatic carbocycles. The van der Waals surface area contributed by atoms with Crippen LogP contribution in [-0.4, -0.2) is 67.8 Å². The van der Waals surface area contributed by atoms with Gasteiger partial charge in [0, 0.05) is 36.7 Å². The average Bonchev–Trinajstić information content (AvgIpc) is 2.66. The van der Waals surface area contributed by atoms with Crippen molar-refractivity contribution in [3.63, 3.8) is 0 Å². The predicted octanol–water partition coefficient (Wildman–Crippen LogP) is 1.35. The summed E-state index contributed by atoms with van der Waals surface area (Å²) >= 11 is 0. The number of hydrogen-bond donors (Lipinski definition) is 1. The number of amides is 1. The van der Waals surface area contributed by atoms with E-state index in [4.69, 9.17) is 4.74 Å². The van der Waals surface area contributed by atoms with Crippen LogP contribution in [-0.2, 0) is 4.74 Å². The summed E-state index contributed by atoms with van der Waals surface area (Å²) in [6.07, 6.45) is 0. The van der Waals surface area contributed by atoms with Crippen molar-refractivity contribution in [3.8, 4) is 5.75 Å². The monoisotopic (exact) mass is 292 g/mol. The Morgan fingerprint density at radius 1 is 1.48 bits per heavy atom. The van der Waals surface area contributed by atoms with Gasteiger partial charge in [-0.25, -0.2) is 0 Å². The maximum Gasteiger partial charge on any atom is 0.254 e. The Balaban J connectivity index is 2.15. The molecule has 5 nitrogen and oxygen atoms in total. The largest absolute Gasteiger partial charge is 0.508 e. The average molecular weight is 292 g/mol. The van der Waals surface area contributed by atoms with Gasteiger partial charge in [0.25, 0.3) is 5.91 Å². The molecule has 0 aromatic heterocycles. The van der Waals surface area contributed by atoms with Crippen molar-refractivity contribution in [2.75, 3.05) is 46.9 Å². The van der Waals surface area contributed by atoms with E-state index in [1.54, 1.807) is 25.1 Å². The summed E-state index contributed by atoms with van der Waals surface area (Å²) < 4.78 is 5.61. The number of rotatable bonds is 3. The summed E-state index contributed by atoms with van der Waals surface area (Å²) in [6, 6.07) is 5.08. The number of benzene rings is 1. The van der Waals surface area contributed by atoms with E-state index in [0.717, 1.165) is 6.54 Å². The Hall–Kier alpha value is -1.59. The van der Waals surface area contributed by atoms with Crippen LogP contribution >= 0.6 is 0 Å². The van der Waals surface area contributed by atoms with E-state index in [9.17, 15) is 9.90 Å². The van der Waals surface area contributed by atoms with E-state index in [0.29, 0.717) is 43.3 Å². The van der Waals surface area contributed by atoms with Crippen molar-refractivity contribution >= 4 is 5.91 Å². The number of hydrogen-bond acceptors (Lipinski definition) is 4. The highest BCUT2D eigenvalue weighted by molar-refractivity contribution is 5.96. The van der Waals surface area contributed by atoms with Gasteiger partial charge in [-0.1, -0.05) is 6.07 Å². The molecule has 0 spiro atoms. The van der Waals surface area contributed by atoms with Crippen LogP contribution in [0.3, 0.4) is 0 Å². The summed E-state index contributed by atoms with van der Waals surface area (Å²) in [5.74, 6) is 0.443. The number of aromatic hydroxyl groups is 1. The molecule has 116 valence electrons. The van der Waals surface area contributed by atoms with Crippen molar-refractivity contribution < 1.29 is 14.6 Å². The molecule has 1 saturated heterocycles. The number of carbonyl (C=O) groups excluding carboxylic acids is 1. The number of phenolic OH excluding ortho intramolecular Hbond substituents is 1. The lowest BCUT2D eigenvalue weighted by Crippen LogP contribution is -2.38. The molecular weight excluding hydrogens is 268 g/mol. The van der Waals surface area contributed by atoms with Gasteiger partial charge in [-0.05, 0) is 33.2 Å². The van der Waals surface area contributed by atoms with Gasteiger partial charge in [-0.2, -0.15) is 0 Å². The Morgan fingerprint density at radius 2 is 2.24 bits per heavy atom. The van der Waals surface area contributed by atoms with Gasteiger partial charge in [0.1, 0.15) is 5.75 Å². The highest BCUT2D eigenvalue weighted by atomic mass is 16.5. The van der Waals surface area contributed by atoms with E-state index in [2.05, 4.69) is 4.90 Å². The molecule has 1 amide bonds. The van der Waals surface area contributed by atoms with Crippen molar-refractivity contribution in [2.24, 2.45) is 5.92 Å². The maximum atomic E-state index is 12.7. The Kier molecular flexibility index (Phi) is 5.20. The molecule has 1 heterocycles. The van der Waals surface area contributed by atoms with Crippen LogP contribution in [0, 0.1) is 12.8 Å². The summed E-state index contributed by atoms with van der Waals surface area (Å²) in [5.41, 5.74) is 1.21. The summed E-state index contributed by atoms with van der Waals surface area (Å²) in [6.45, 7) is 5.19. The standard InChI is InChI=1S/C16H24N2O3/c1-12-14(5-4-6-15(12)19)16(20)18-7-8-21-11-13(10-18)9-17(2)3/h4-6,13,19H,7-11H2,1-3H3/t13-/m1/s1. The molecule has 0 unspecified atom stereocenters. The second-order valence-corrected chi connectivity index (χ2v) is 5.90. The molecule has 2 rings (SSSR count). The lowest BCUT2D eigenvalue weighted by atomic mass is 10.1. The topological polar surface area (TPSA) is 53.0 Å². The number of nitrogens with zero attached hydrogens (tertiary/aromatic N) is 2. The fraction of sp³-hybridized carbons (Fsp3) is 0.562. The predicted molar refractivity (Wildman–Crippen MR) is 81.6 cm³/mol. The Labute approximate surface area is 126 Å². The summed E-state index contributed by atoms with van der Waals surface area (Å²) in [4.78, 5) is 16.7. The molecular formula is C16H24N2O3. The Bertz CT molecular complexity index is 502. The minimum atomic E-state index is -0.0299. The first-order valence-electron chi connectivity index (χ1n) is 7.29. The van der Waals surface area contributed by atoms with Crippen molar-refractivity contribution in [1.29, 1.82) is 0 Å². The van der Waals surface area contributed by atoms with Gasteiger partial charge in [-0.15, -0.1) is 0 Å². The summed E-state index contributed by atoms with van der Waals surface area (Å²) in [5, 5.41) is 9.77. The van der Waals surface area contributed by atoms with Gasteiger partial charge in [0.05, 0.1) is 13.2 Å². The number of carbonyl (C=O) groups is 1. The van der Waals surface area contributed by atoms with Crippen LogP contribution in [0.15, 0.2) is 18.2 Å². The van der Waals surface area contributed by atoms with E-state index in [1.807, 2.05) is 19.0 Å². The van der Waals surface area contributed by atoms with Crippen LogP contribution in [0.4, 0.5) is 0 Å². The minimum Gasteiger partial charge on any atom is -0.508 e. The lowest BCUT2D eigenvalue weighted by molar-refractivity contribution is 0.0734. The highest BCUT2D eigenvalue weighted by Gasteiger charge is 2.25. The van der Waals surface area contributed by atoms with Gasteiger partial charge >= 0.3 is 0 Å². The minimum absolute atomic E-state index is 0.0299. The van der Waals surface area contributed by atoms with Crippen molar-refractivity contribution in [2.45, 2.75) is 6.92 Å². The SMILES string of the molecule is Cc1c(O)cccc1C(=O)N1CCOC[C@H](CN(C)C)C1. The molecule has 0 saturated carbocycles. The normalized spacial score (nSPS) is 19.6. The molecule has 1 aromatic rings. The van der Waals surface area contributed by atoms with E-state index in [-0.39, 0.29) is 11.7 Å². The van der Waals surface area contributed by atoms with Gasteiger partial charge in [0.2, 0.25) is 0 Å². The first-order valence-corrected chi connectivity index (χ1v) is 7.29. The molecule has 1 atom stereocenters. The van der Waals surface area contributed by atoms with Crippen LogP contribution in [0.2, 0.25) is 0 Å². The third kappa shape index (κ3) is 3.95. The smallest absolute Gasteiger partial charge is 0.254 e. The Morgan fingerprint density at radius 3 is 2.95 bits per heavy atom. The first kappa shape index (κ1) is 15.8. The highest BCUT2D eigenvalue weighted by Crippen LogP contribution is 2.22. The number of phenols is 1. The molecule has 5 heteroatoms. The maximum absolute atomic E-state index is 12.7. The fourth-order valence-corrected chi connectivity index (χ4v) is 2.72. The zero-order valence-corrected chi connectivity index (χ0v) is 13.0. The molecule has 1 aromatic carbocycles. The van der Waals surface area contributed by atoms with Crippen molar-refractivity contribution in [1.82, 2.24) is 9.80 Å². The zero-order valence-electron chi connectivity index (χ0n) is 13.0. The lowest BCUT2D eigenvalue weighted by Gasteiger charge is -2.26. The third-order valence-corrected chi connectivity index (χ3v) is 3.78. The molecule has 0 radical (unpaired) electrons. The van der Waals surface area contributed by atoms with Gasteiger partial charge in [0.15, 0.2) is 0 Å². The molecule has 1 N–H and O–H groups in total. The van der Waals surface area contributed by atoms with E-state index >= 15 is 0 Å². The second-order valence-electron chi connectivity index (χ2n) is 5.90. The third-order valence-electron chi connectivity index (χ3n) is 3.78. The zero-order chi connectivity index (χ0) is 15.4. The fourth-order valence-electron chi connectivity index (χ4n) is 2.72. The first-order chi connectivity index (χ1) is 9.99. The van der Waals surface area contributed by atoms with Crippen LogP contribution in [0.1, 0.15) is 15.9 Å². The van der Waals surface area contributed by atoms with Crippen molar-refractivity contribution in [3.05, 3.63) is 29.3 Å². The van der Waals surface area contributed by atoms with E-state index in [1.165, 1.54) is 0 Å². The number of ether oxygens (including phenoxy) is 1. The van der Waals surface area contributed by atoms with Gasteiger partial charge in [-0.3, -0.25) is 4.79 Å². The van der Waals surface area contributed by atoms with Crippen LogP contribution in [0.5, 0.6) is 5.75 Å². The summed E-state index contributed by atoms with van der Waals surface area (Å²) in [7, 11) is 4.05. The van der Waals surface area contributed by atoms with Gasteiger partial charge < -0.3 is 19.6 Å². The molecule has 0 bridgehead atoms. The second kappa shape index (κ2) is 6.91. The van der Waals surface area contributed by atoms with Crippen LogP contribution in [0.25, 0.3) is 0 Å². The quantitative estimate of drug-likeness (QED) is 0.914. The molecule has 1 fully saturated rings. The molecule has 1 aliphatic rings.